The Balaban J connectivity index is 1.75. The van der Waals surface area contributed by atoms with Crippen molar-refractivity contribution in [3.05, 3.63) is 42.0 Å². The largest absolute Gasteiger partial charge is 0.491 e. The van der Waals surface area contributed by atoms with E-state index in [2.05, 4.69) is 26.0 Å². The van der Waals surface area contributed by atoms with Crippen LogP contribution in [0.1, 0.15) is 33.3 Å². The number of benzene rings is 1. The molecule has 0 saturated heterocycles. The molecule has 2 rings (SSSR count). The predicted molar refractivity (Wildman–Crippen MR) is 115 cm³/mol. The van der Waals surface area contributed by atoms with Gasteiger partial charge in [0.1, 0.15) is 18.5 Å². The molecule has 8 heteroatoms. The summed E-state index contributed by atoms with van der Waals surface area (Å²) in [4.78, 5) is 0. The van der Waals surface area contributed by atoms with Crippen LogP contribution in [0.25, 0.3) is 0 Å². The fraction of sp³-hybridized carbons (Fsp3) is 0.476. The Morgan fingerprint density at radius 3 is 2.66 bits per heavy atom. The first kappa shape index (κ1) is 22.6. The molecule has 3 N–H and O–H groups in total. The fourth-order valence-electron chi connectivity index (χ4n) is 2.31. The van der Waals surface area contributed by atoms with Crippen molar-refractivity contribution in [2.75, 3.05) is 25.2 Å². The highest BCUT2D eigenvalue weighted by molar-refractivity contribution is 5.79. The van der Waals surface area contributed by atoms with Crippen LogP contribution in [0.15, 0.2) is 41.5 Å². The molecule has 158 valence electrons. The van der Waals surface area contributed by atoms with E-state index >= 15 is 0 Å². The summed E-state index contributed by atoms with van der Waals surface area (Å²) >= 11 is 0. The lowest BCUT2D eigenvalue weighted by Crippen LogP contribution is -2.35. The van der Waals surface area contributed by atoms with Crippen molar-refractivity contribution in [2.24, 2.45) is 5.10 Å². The number of hydrogen-bond acceptors (Lipinski definition) is 8. The molecule has 0 fully saturated rings. The molecule has 1 aromatic carbocycles. The number of rotatable bonds is 12. The number of nitrogens with one attached hydrogen (secondary N) is 2. The Labute approximate surface area is 172 Å². The zero-order valence-corrected chi connectivity index (χ0v) is 17.6. The van der Waals surface area contributed by atoms with Gasteiger partial charge in [-0.25, -0.2) is 0 Å². The smallest absolute Gasteiger partial charge is 0.233 e. The molecule has 1 heterocycles. The van der Waals surface area contributed by atoms with Gasteiger partial charge in [-0.05, 0) is 37.6 Å². The van der Waals surface area contributed by atoms with Gasteiger partial charge in [-0.1, -0.05) is 26.0 Å². The third-order valence-corrected chi connectivity index (χ3v) is 3.78. The second kappa shape index (κ2) is 12.0. The number of aliphatic hydroxyl groups is 1. The third kappa shape index (κ3) is 9.36. The zero-order chi connectivity index (χ0) is 21.1. The second-order valence-electron chi connectivity index (χ2n) is 7.20. The van der Waals surface area contributed by atoms with Crippen LogP contribution in [0.4, 0.5) is 5.82 Å². The summed E-state index contributed by atoms with van der Waals surface area (Å²) in [5, 5.41) is 25.2. The highest BCUT2D eigenvalue weighted by Crippen LogP contribution is 2.15. The standard InChI is InChI=1S/C21H31N5O3/c1-15(2)22-13-18(27)14-29-19-7-5-6-17(12-19)10-11-28-21-9-8-20(25-26-21)24-23-16(3)4/h5-9,12,15,18,22,27H,10-11,13-14H2,1-4H3,(H,24,25). The summed E-state index contributed by atoms with van der Waals surface area (Å²) in [5.74, 6) is 1.75. The number of anilines is 1. The normalized spacial score (nSPS) is 11.8. The summed E-state index contributed by atoms with van der Waals surface area (Å²) in [6, 6.07) is 11.6. The summed E-state index contributed by atoms with van der Waals surface area (Å²) < 4.78 is 11.3. The minimum atomic E-state index is -0.549. The van der Waals surface area contributed by atoms with Crippen molar-refractivity contribution in [1.29, 1.82) is 0 Å². The first-order valence-electron chi connectivity index (χ1n) is 9.79. The monoisotopic (exact) mass is 401 g/mol. The molecule has 0 amide bonds. The SMILES string of the molecule is CC(C)=NNc1ccc(OCCc2cccc(OCC(O)CNC(C)C)c2)nn1. The number of aliphatic hydroxyl groups excluding tert-OH is 1. The molecular weight excluding hydrogens is 370 g/mol. The first-order chi connectivity index (χ1) is 13.9. The molecule has 29 heavy (non-hydrogen) atoms. The molecule has 1 unspecified atom stereocenters. The molecule has 1 aromatic heterocycles. The Hall–Kier alpha value is -2.71. The third-order valence-electron chi connectivity index (χ3n) is 3.78. The van der Waals surface area contributed by atoms with E-state index in [1.165, 1.54) is 0 Å². The van der Waals surface area contributed by atoms with Gasteiger partial charge in [0.15, 0.2) is 5.82 Å². The van der Waals surface area contributed by atoms with Gasteiger partial charge in [-0.3, -0.25) is 5.43 Å². The lowest BCUT2D eigenvalue weighted by molar-refractivity contribution is 0.104. The summed E-state index contributed by atoms with van der Waals surface area (Å²) in [7, 11) is 0. The van der Waals surface area contributed by atoms with E-state index in [0.717, 1.165) is 17.0 Å². The molecule has 0 saturated carbocycles. The summed E-state index contributed by atoms with van der Waals surface area (Å²) in [6.07, 6.45) is 0.155. The predicted octanol–water partition coefficient (Wildman–Crippen LogP) is 2.64. The average molecular weight is 402 g/mol. The first-order valence-corrected chi connectivity index (χ1v) is 9.79. The lowest BCUT2D eigenvalue weighted by atomic mass is 10.1. The van der Waals surface area contributed by atoms with E-state index in [4.69, 9.17) is 9.47 Å². The van der Waals surface area contributed by atoms with Crippen LogP contribution >= 0.6 is 0 Å². The molecule has 8 nitrogen and oxygen atoms in total. The number of hydrogen-bond donors (Lipinski definition) is 3. The number of ether oxygens (including phenoxy) is 2. The van der Waals surface area contributed by atoms with Crippen LogP contribution in [0, 0.1) is 0 Å². The molecule has 0 aliphatic heterocycles. The van der Waals surface area contributed by atoms with Crippen molar-refractivity contribution in [2.45, 2.75) is 46.3 Å². The van der Waals surface area contributed by atoms with Crippen LogP contribution in [0.3, 0.4) is 0 Å². The van der Waals surface area contributed by atoms with Gasteiger partial charge < -0.3 is 19.9 Å². The van der Waals surface area contributed by atoms with Crippen LogP contribution in [0.2, 0.25) is 0 Å². The maximum Gasteiger partial charge on any atom is 0.233 e. The summed E-state index contributed by atoms with van der Waals surface area (Å²) in [5.41, 5.74) is 4.80. The van der Waals surface area contributed by atoms with E-state index in [1.54, 1.807) is 12.1 Å². The molecule has 0 aliphatic carbocycles. The van der Waals surface area contributed by atoms with Crippen molar-refractivity contribution in [1.82, 2.24) is 15.5 Å². The summed E-state index contributed by atoms with van der Waals surface area (Å²) in [6.45, 7) is 9.09. The Morgan fingerprint density at radius 1 is 1.14 bits per heavy atom. The Bertz CT molecular complexity index is 761. The highest BCUT2D eigenvalue weighted by atomic mass is 16.5. The molecule has 0 spiro atoms. The molecule has 0 aliphatic rings. The minimum absolute atomic E-state index is 0.247. The highest BCUT2D eigenvalue weighted by Gasteiger charge is 2.06. The van der Waals surface area contributed by atoms with Crippen molar-refractivity contribution >= 4 is 11.5 Å². The number of nitrogens with zero attached hydrogens (tertiary/aromatic N) is 3. The van der Waals surface area contributed by atoms with Gasteiger partial charge in [-0.2, -0.15) is 5.10 Å². The van der Waals surface area contributed by atoms with E-state index in [0.29, 0.717) is 37.3 Å². The van der Waals surface area contributed by atoms with Crippen LogP contribution in [-0.4, -0.2) is 52.9 Å². The van der Waals surface area contributed by atoms with Crippen molar-refractivity contribution in [3.8, 4) is 11.6 Å². The van der Waals surface area contributed by atoms with E-state index in [1.807, 2.05) is 52.0 Å². The van der Waals surface area contributed by atoms with E-state index in [9.17, 15) is 5.11 Å². The number of hydrazone groups is 1. The quantitative estimate of drug-likeness (QED) is 0.371. The van der Waals surface area contributed by atoms with Gasteiger partial charge >= 0.3 is 0 Å². The average Bonchev–Trinajstić information content (AvgIpc) is 2.70. The fourth-order valence-corrected chi connectivity index (χ4v) is 2.31. The molecule has 2 aromatic rings. The maximum atomic E-state index is 9.94. The van der Waals surface area contributed by atoms with E-state index < -0.39 is 6.10 Å². The van der Waals surface area contributed by atoms with E-state index in [-0.39, 0.29) is 6.61 Å². The second-order valence-corrected chi connectivity index (χ2v) is 7.20. The Morgan fingerprint density at radius 2 is 1.97 bits per heavy atom. The van der Waals surface area contributed by atoms with Gasteiger partial charge in [0, 0.05) is 30.8 Å². The van der Waals surface area contributed by atoms with Crippen LogP contribution < -0.4 is 20.2 Å². The van der Waals surface area contributed by atoms with Gasteiger partial charge in [0.05, 0.1) is 6.61 Å². The van der Waals surface area contributed by atoms with Crippen molar-refractivity contribution < 1.29 is 14.6 Å². The Kier molecular flexibility index (Phi) is 9.33. The molecule has 0 radical (unpaired) electrons. The van der Waals surface area contributed by atoms with Gasteiger partial charge in [0.2, 0.25) is 5.88 Å². The lowest BCUT2D eigenvalue weighted by Gasteiger charge is -2.15. The van der Waals surface area contributed by atoms with Crippen molar-refractivity contribution in [3.63, 3.8) is 0 Å². The van der Waals surface area contributed by atoms with Crippen LogP contribution in [-0.2, 0) is 6.42 Å². The molecular formula is C21H31N5O3. The minimum Gasteiger partial charge on any atom is -0.491 e. The zero-order valence-electron chi connectivity index (χ0n) is 17.6. The number of aromatic nitrogens is 2. The van der Waals surface area contributed by atoms with Gasteiger partial charge in [-0.15, -0.1) is 10.2 Å². The van der Waals surface area contributed by atoms with Crippen LogP contribution in [0.5, 0.6) is 11.6 Å². The molecule has 0 bridgehead atoms. The molecule has 1 atom stereocenters. The maximum absolute atomic E-state index is 9.94. The topological polar surface area (TPSA) is 101 Å². The van der Waals surface area contributed by atoms with Gasteiger partial charge in [0.25, 0.3) is 0 Å².